The summed E-state index contributed by atoms with van der Waals surface area (Å²) >= 11 is 0. The monoisotopic (exact) mass is 238 g/mol. The Morgan fingerprint density at radius 3 is 2.00 bits per heavy atom. The summed E-state index contributed by atoms with van der Waals surface area (Å²) in [5.41, 5.74) is 1.33. The van der Waals surface area contributed by atoms with E-state index in [-0.39, 0.29) is 0 Å². The lowest BCUT2D eigenvalue weighted by molar-refractivity contribution is 0.231. The van der Waals surface area contributed by atoms with Crippen LogP contribution in [0.5, 0.6) is 0 Å². The Kier molecular flexibility index (Phi) is 8.64. The highest BCUT2D eigenvalue weighted by Crippen LogP contribution is 2.31. The van der Waals surface area contributed by atoms with Gasteiger partial charge in [-0.25, -0.2) is 0 Å². The standard InChI is InChI=1S/C17H34/c1-8-10-14(5)17(9-2)12-16(7)15(6)11-13(3)4/h14-17H,3,8-12H2,1-2,4-7H3. The third-order valence-electron chi connectivity index (χ3n) is 4.39. The minimum Gasteiger partial charge on any atom is -0.100 e. The van der Waals surface area contributed by atoms with Crippen LogP contribution in [0.3, 0.4) is 0 Å². The zero-order valence-electron chi connectivity index (χ0n) is 13.1. The number of hydrogen-bond acceptors (Lipinski definition) is 0. The Balaban J connectivity index is 4.21. The summed E-state index contributed by atoms with van der Waals surface area (Å²) in [5.74, 6) is 3.42. The summed E-state index contributed by atoms with van der Waals surface area (Å²) in [4.78, 5) is 0. The highest BCUT2D eigenvalue weighted by atomic mass is 14.3. The van der Waals surface area contributed by atoms with E-state index in [4.69, 9.17) is 0 Å². The molecule has 0 aromatic heterocycles. The maximum Gasteiger partial charge on any atom is -0.0297 e. The van der Waals surface area contributed by atoms with Gasteiger partial charge in [-0.05, 0) is 43.4 Å². The van der Waals surface area contributed by atoms with Gasteiger partial charge >= 0.3 is 0 Å². The first-order valence-electron chi connectivity index (χ1n) is 7.56. The molecule has 0 aromatic rings. The van der Waals surface area contributed by atoms with Gasteiger partial charge in [-0.3, -0.25) is 0 Å². The fourth-order valence-electron chi connectivity index (χ4n) is 2.95. The number of allylic oxidation sites excluding steroid dienone is 1. The van der Waals surface area contributed by atoms with Gasteiger partial charge in [-0.1, -0.05) is 59.5 Å². The topological polar surface area (TPSA) is 0 Å². The largest absolute Gasteiger partial charge is 0.100 e. The van der Waals surface area contributed by atoms with Crippen molar-refractivity contribution < 1.29 is 0 Å². The summed E-state index contributed by atoms with van der Waals surface area (Å²) in [5, 5.41) is 0. The van der Waals surface area contributed by atoms with Crippen molar-refractivity contribution in [3.05, 3.63) is 12.2 Å². The van der Waals surface area contributed by atoms with Gasteiger partial charge in [0.15, 0.2) is 0 Å². The summed E-state index contributed by atoms with van der Waals surface area (Å²) in [6.45, 7) is 18.1. The lowest BCUT2D eigenvalue weighted by atomic mass is 9.77. The first kappa shape index (κ1) is 16.7. The lowest BCUT2D eigenvalue weighted by Crippen LogP contribution is -2.18. The molecular formula is C17H34. The molecule has 0 aliphatic carbocycles. The van der Waals surface area contributed by atoms with Crippen molar-refractivity contribution in [3.8, 4) is 0 Å². The summed E-state index contributed by atoms with van der Waals surface area (Å²) in [6, 6.07) is 0. The molecule has 0 bridgehead atoms. The minimum atomic E-state index is 0.787. The molecule has 0 fully saturated rings. The third kappa shape index (κ3) is 6.91. The van der Waals surface area contributed by atoms with E-state index in [1.165, 1.54) is 37.7 Å². The zero-order valence-corrected chi connectivity index (χ0v) is 13.1. The Labute approximate surface area is 110 Å². The second-order valence-corrected chi connectivity index (χ2v) is 6.29. The molecule has 102 valence electrons. The SMILES string of the molecule is C=C(C)CC(C)C(C)CC(CC)C(C)CCC. The van der Waals surface area contributed by atoms with Gasteiger partial charge < -0.3 is 0 Å². The summed E-state index contributed by atoms with van der Waals surface area (Å²) < 4.78 is 0. The van der Waals surface area contributed by atoms with Crippen LogP contribution in [0.4, 0.5) is 0 Å². The molecule has 0 heterocycles. The van der Waals surface area contributed by atoms with Gasteiger partial charge in [-0.15, -0.1) is 6.58 Å². The van der Waals surface area contributed by atoms with E-state index >= 15 is 0 Å². The molecule has 0 saturated carbocycles. The third-order valence-corrected chi connectivity index (χ3v) is 4.39. The van der Waals surface area contributed by atoms with Crippen LogP contribution in [0, 0.1) is 23.7 Å². The lowest BCUT2D eigenvalue weighted by Gasteiger charge is -2.28. The summed E-state index contributed by atoms with van der Waals surface area (Å²) in [7, 11) is 0. The quantitative estimate of drug-likeness (QED) is 0.427. The van der Waals surface area contributed by atoms with Crippen molar-refractivity contribution in [2.75, 3.05) is 0 Å². The van der Waals surface area contributed by atoms with E-state index in [1.54, 1.807) is 0 Å². The van der Waals surface area contributed by atoms with Gasteiger partial charge in [0, 0.05) is 0 Å². The molecule has 0 spiro atoms. The van der Waals surface area contributed by atoms with Gasteiger partial charge in [0.25, 0.3) is 0 Å². The van der Waals surface area contributed by atoms with E-state index in [1.807, 2.05) is 0 Å². The van der Waals surface area contributed by atoms with Crippen molar-refractivity contribution in [1.29, 1.82) is 0 Å². The van der Waals surface area contributed by atoms with Crippen LogP contribution in [0.2, 0.25) is 0 Å². The molecule has 0 aromatic carbocycles. The molecule has 4 unspecified atom stereocenters. The Bertz CT molecular complexity index is 204. The molecule has 0 amide bonds. The fraction of sp³-hybridized carbons (Fsp3) is 0.882. The van der Waals surface area contributed by atoms with E-state index in [2.05, 4.69) is 48.1 Å². The van der Waals surface area contributed by atoms with Crippen molar-refractivity contribution in [1.82, 2.24) is 0 Å². The summed E-state index contributed by atoms with van der Waals surface area (Å²) in [6.07, 6.45) is 6.64. The van der Waals surface area contributed by atoms with Crippen molar-refractivity contribution in [3.63, 3.8) is 0 Å². The van der Waals surface area contributed by atoms with Crippen LogP contribution in [0.25, 0.3) is 0 Å². The molecule has 0 radical (unpaired) electrons. The number of rotatable bonds is 9. The first-order valence-corrected chi connectivity index (χ1v) is 7.56. The molecule has 17 heavy (non-hydrogen) atoms. The average Bonchev–Trinajstić information content (AvgIpc) is 2.24. The Morgan fingerprint density at radius 2 is 1.59 bits per heavy atom. The molecule has 0 heteroatoms. The second-order valence-electron chi connectivity index (χ2n) is 6.29. The minimum absolute atomic E-state index is 0.787. The zero-order chi connectivity index (χ0) is 13.4. The smallest absolute Gasteiger partial charge is 0.0297 e. The van der Waals surface area contributed by atoms with Crippen LogP contribution in [-0.4, -0.2) is 0 Å². The Hall–Kier alpha value is -0.260. The molecule has 0 saturated heterocycles. The van der Waals surface area contributed by atoms with E-state index in [0.717, 1.165) is 23.7 Å². The van der Waals surface area contributed by atoms with Gasteiger partial charge in [0.2, 0.25) is 0 Å². The Morgan fingerprint density at radius 1 is 1.00 bits per heavy atom. The molecule has 0 rings (SSSR count). The number of hydrogen-bond donors (Lipinski definition) is 0. The van der Waals surface area contributed by atoms with E-state index < -0.39 is 0 Å². The average molecular weight is 238 g/mol. The van der Waals surface area contributed by atoms with Gasteiger partial charge in [0.05, 0.1) is 0 Å². The van der Waals surface area contributed by atoms with Crippen molar-refractivity contribution >= 4 is 0 Å². The van der Waals surface area contributed by atoms with Crippen molar-refractivity contribution in [2.24, 2.45) is 23.7 Å². The fourth-order valence-corrected chi connectivity index (χ4v) is 2.95. The maximum absolute atomic E-state index is 4.04. The highest BCUT2D eigenvalue weighted by molar-refractivity contribution is 4.90. The molecule has 0 aliphatic rings. The normalized spacial score (nSPS) is 18.5. The van der Waals surface area contributed by atoms with Crippen LogP contribution in [-0.2, 0) is 0 Å². The second kappa shape index (κ2) is 8.78. The molecule has 4 atom stereocenters. The van der Waals surface area contributed by atoms with Gasteiger partial charge in [0.1, 0.15) is 0 Å². The predicted molar refractivity (Wildman–Crippen MR) is 80.2 cm³/mol. The van der Waals surface area contributed by atoms with Crippen LogP contribution in [0.15, 0.2) is 12.2 Å². The molecule has 0 nitrogen and oxygen atoms in total. The van der Waals surface area contributed by atoms with Crippen molar-refractivity contribution in [2.45, 2.75) is 73.6 Å². The van der Waals surface area contributed by atoms with Gasteiger partial charge in [-0.2, -0.15) is 0 Å². The van der Waals surface area contributed by atoms with E-state index in [9.17, 15) is 0 Å². The van der Waals surface area contributed by atoms with Crippen LogP contribution < -0.4 is 0 Å². The van der Waals surface area contributed by atoms with Crippen LogP contribution >= 0.6 is 0 Å². The van der Waals surface area contributed by atoms with E-state index in [0.29, 0.717) is 0 Å². The molecular weight excluding hydrogens is 204 g/mol. The van der Waals surface area contributed by atoms with Crippen LogP contribution in [0.1, 0.15) is 73.6 Å². The maximum atomic E-state index is 4.04. The molecule has 0 aliphatic heterocycles. The first-order chi connectivity index (χ1) is 7.92. The molecule has 0 N–H and O–H groups in total. The highest BCUT2D eigenvalue weighted by Gasteiger charge is 2.21. The predicted octanol–water partition coefficient (Wildman–Crippen LogP) is 6.08.